The highest BCUT2D eigenvalue weighted by molar-refractivity contribution is 6.01. The number of amides is 2. The van der Waals surface area contributed by atoms with Gasteiger partial charge in [-0.3, -0.25) is 14.3 Å². The summed E-state index contributed by atoms with van der Waals surface area (Å²) < 4.78 is 7.42. The number of hydrogen-bond acceptors (Lipinski definition) is 4. The van der Waals surface area contributed by atoms with Crippen LogP contribution in [0.2, 0.25) is 0 Å². The highest BCUT2D eigenvalue weighted by Crippen LogP contribution is 2.26. The summed E-state index contributed by atoms with van der Waals surface area (Å²) in [7, 11) is 0. The van der Waals surface area contributed by atoms with Crippen LogP contribution in [-0.2, 0) is 11.3 Å². The molecule has 0 bridgehead atoms. The Kier molecular flexibility index (Phi) is 4.80. The Balaban J connectivity index is 1.45. The predicted molar refractivity (Wildman–Crippen MR) is 104 cm³/mol. The second-order valence-corrected chi connectivity index (χ2v) is 6.64. The lowest BCUT2D eigenvalue weighted by atomic mass is 10.2. The second-order valence-electron chi connectivity index (χ2n) is 6.64. The number of para-hydroxylation sites is 2. The van der Waals surface area contributed by atoms with Gasteiger partial charge in [-0.05, 0) is 30.7 Å². The molecule has 2 heterocycles. The number of nitrogens with one attached hydrogen (secondary N) is 2. The van der Waals surface area contributed by atoms with Crippen LogP contribution in [0, 0.1) is 6.92 Å². The number of aryl methyl sites for hydroxylation is 1. The summed E-state index contributed by atoms with van der Waals surface area (Å²) in [5, 5.41) is 9.88. The topological polar surface area (TPSA) is 85.2 Å². The normalized spacial score (nSPS) is 15.8. The van der Waals surface area contributed by atoms with Crippen molar-refractivity contribution in [3.05, 3.63) is 77.6 Å². The van der Waals surface area contributed by atoms with E-state index in [1.165, 1.54) is 0 Å². The molecule has 1 atom stereocenters. The lowest BCUT2D eigenvalue weighted by molar-refractivity contribution is -0.118. The number of fused-ring (bicyclic) bond motifs is 1. The molecular weight excluding hydrogens is 356 g/mol. The Labute approximate surface area is 162 Å². The molecule has 1 aliphatic rings. The molecule has 0 saturated heterocycles. The van der Waals surface area contributed by atoms with Crippen LogP contribution in [0.3, 0.4) is 0 Å². The van der Waals surface area contributed by atoms with E-state index in [-0.39, 0.29) is 18.2 Å². The van der Waals surface area contributed by atoms with Crippen LogP contribution in [-0.4, -0.2) is 34.2 Å². The van der Waals surface area contributed by atoms with E-state index in [0.717, 1.165) is 11.3 Å². The molecule has 1 aromatic heterocycles. The van der Waals surface area contributed by atoms with Gasteiger partial charge >= 0.3 is 0 Å². The van der Waals surface area contributed by atoms with Gasteiger partial charge in [0.05, 0.1) is 12.2 Å². The number of carbonyl (C=O) groups is 2. The molecule has 0 aliphatic carbocycles. The molecular formula is C21H20N4O3. The fraction of sp³-hybridized carbons (Fsp3) is 0.190. The first kappa shape index (κ1) is 17.8. The van der Waals surface area contributed by atoms with E-state index in [2.05, 4.69) is 15.7 Å². The molecule has 7 heteroatoms. The van der Waals surface area contributed by atoms with E-state index in [9.17, 15) is 9.59 Å². The molecule has 0 fully saturated rings. The molecule has 2 aromatic carbocycles. The van der Waals surface area contributed by atoms with Crippen LogP contribution in [0.15, 0.2) is 60.7 Å². The van der Waals surface area contributed by atoms with Gasteiger partial charge in [0, 0.05) is 5.69 Å². The molecule has 2 amide bonds. The standard InChI is InChI=1S/C21H20N4O3/c1-14-11-17(24-25(14)12-15-7-3-2-4-8-15)20(26)23-18-13-28-19-10-6-5-9-16(19)22-21(18)27/h2-11,18H,12-13H2,1H3,(H,22,27)(H,23,26). The van der Waals surface area contributed by atoms with Crippen LogP contribution in [0.4, 0.5) is 5.69 Å². The Morgan fingerprint density at radius 1 is 1.21 bits per heavy atom. The highest BCUT2D eigenvalue weighted by atomic mass is 16.5. The van der Waals surface area contributed by atoms with Crippen LogP contribution in [0.25, 0.3) is 0 Å². The van der Waals surface area contributed by atoms with Gasteiger partial charge in [-0.1, -0.05) is 42.5 Å². The van der Waals surface area contributed by atoms with Crippen molar-refractivity contribution in [1.82, 2.24) is 15.1 Å². The summed E-state index contributed by atoms with van der Waals surface area (Å²) >= 11 is 0. The molecule has 0 radical (unpaired) electrons. The second kappa shape index (κ2) is 7.56. The zero-order chi connectivity index (χ0) is 19.5. The fourth-order valence-electron chi connectivity index (χ4n) is 3.04. The average molecular weight is 376 g/mol. The number of benzene rings is 2. The maximum Gasteiger partial charge on any atom is 0.272 e. The number of ether oxygens (including phenoxy) is 1. The van der Waals surface area contributed by atoms with Gasteiger partial charge in [-0.2, -0.15) is 5.10 Å². The Hall–Kier alpha value is -3.61. The van der Waals surface area contributed by atoms with E-state index in [1.807, 2.05) is 49.4 Å². The number of carbonyl (C=O) groups excluding carboxylic acids is 2. The molecule has 4 rings (SSSR count). The zero-order valence-corrected chi connectivity index (χ0v) is 15.4. The molecule has 28 heavy (non-hydrogen) atoms. The van der Waals surface area contributed by atoms with Gasteiger partial charge in [0.2, 0.25) is 0 Å². The highest BCUT2D eigenvalue weighted by Gasteiger charge is 2.27. The van der Waals surface area contributed by atoms with Crippen molar-refractivity contribution >= 4 is 17.5 Å². The van der Waals surface area contributed by atoms with Gasteiger partial charge in [0.1, 0.15) is 24.1 Å². The first-order chi connectivity index (χ1) is 13.6. The number of rotatable bonds is 4. The fourth-order valence-corrected chi connectivity index (χ4v) is 3.04. The van der Waals surface area contributed by atoms with Crippen molar-refractivity contribution in [1.29, 1.82) is 0 Å². The third-order valence-corrected chi connectivity index (χ3v) is 4.56. The smallest absolute Gasteiger partial charge is 0.272 e. The van der Waals surface area contributed by atoms with Crippen molar-refractivity contribution < 1.29 is 14.3 Å². The minimum Gasteiger partial charge on any atom is -0.489 e. The molecule has 0 spiro atoms. The van der Waals surface area contributed by atoms with Gasteiger partial charge < -0.3 is 15.4 Å². The largest absolute Gasteiger partial charge is 0.489 e. The third kappa shape index (κ3) is 3.73. The zero-order valence-electron chi connectivity index (χ0n) is 15.4. The SMILES string of the molecule is Cc1cc(C(=O)NC2COc3ccccc3NC2=O)nn1Cc1ccccc1. The maximum atomic E-state index is 12.6. The Morgan fingerprint density at radius 3 is 2.79 bits per heavy atom. The first-order valence-corrected chi connectivity index (χ1v) is 9.02. The van der Waals surface area contributed by atoms with E-state index < -0.39 is 11.9 Å². The van der Waals surface area contributed by atoms with Crippen molar-refractivity contribution in [2.24, 2.45) is 0 Å². The van der Waals surface area contributed by atoms with Crippen LogP contribution >= 0.6 is 0 Å². The van der Waals surface area contributed by atoms with Crippen molar-refractivity contribution in [3.63, 3.8) is 0 Å². The molecule has 7 nitrogen and oxygen atoms in total. The maximum absolute atomic E-state index is 12.6. The minimum absolute atomic E-state index is 0.0539. The number of nitrogens with zero attached hydrogens (tertiary/aromatic N) is 2. The molecule has 1 aliphatic heterocycles. The Morgan fingerprint density at radius 2 is 1.96 bits per heavy atom. The quantitative estimate of drug-likeness (QED) is 0.732. The van der Waals surface area contributed by atoms with Gasteiger partial charge in [-0.15, -0.1) is 0 Å². The van der Waals surface area contributed by atoms with Crippen LogP contribution in [0.5, 0.6) is 5.75 Å². The Bertz CT molecular complexity index is 1010. The van der Waals surface area contributed by atoms with Gasteiger partial charge in [-0.25, -0.2) is 0 Å². The summed E-state index contributed by atoms with van der Waals surface area (Å²) in [4.78, 5) is 25.1. The summed E-state index contributed by atoms with van der Waals surface area (Å²) in [5.74, 6) is -0.154. The molecule has 1 unspecified atom stereocenters. The molecule has 0 saturated carbocycles. The van der Waals surface area contributed by atoms with E-state index in [1.54, 1.807) is 22.9 Å². The minimum atomic E-state index is -0.806. The third-order valence-electron chi connectivity index (χ3n) is 4.56. The predicted octanol–water partition coefficient (Wildman–Crippen LogP) is 2.37. The molecule has 142 valence electrons. The van der Waals surface area contributed by atoms with Crippen molar-refractivity contribution in [2.45, 2.75) is 19.5 Å². The first-order valence-electron chi connectivity index (χ1n) is 9.02. The number of anilines is 1. The lowest BCUT2D eigenvalue weighted by Crippen LogP contribution is -2.46. The van der Waals surface area contributed by atoms with Crippen LogP contribution < -0.4 is 15.4 Å². The van der Waals surface area contributed by atoms with E-state index >= 15 is 0 Å². The van der Waals surface area contributed by atoms with E-state index in [4.69, 9.17) is 4.74 Å². The summed E-state index contributed by atoms with van der Waals surface area (Å²) in [6.07, 6.45) is 0. The van der Waals surface area contributed by atoms with E-state index in [0.29, 0.717) is 18.0 Å². The number of hydrogen-bond donors (Lipinski definition) is 2. The summed E-state index contributed by atoms with van der Waals surface area (Å²) in [6.45, 7) is 2.52. The summed E-state index contributed by atoms with van der Waals surface area (Å²) in [6, 6.07) is 18.0. The molecule has 3 aromatic rings. The van der Waals surface area contributed by atoms with Crippen LogP contribution in [0.1, 0.15) is 21.7 Å². The van der Waals surface area contributed by atoms with Gasteiger partial charge in [0.25, 0.3) is 11.8 Å². The van der Waals surface area contributed by atoms with Crippen molar-refractivity contribution in [2.75, 3.05) is 11.9 Å². The summed E-state index contributed by atoms with van der Waals surface area (Å²) in [5.41, 5.74) is 2.81. The lowest BCUT2D eigenvalue weighted by Gasteiger charge is -2.13. The average Bonchev–Trinajstić information content (AvgIpc) is 2.98. The van der Waals surface area contributed by atoms with Gasteiger partial charge in [0.15, 0.2) is 0 Å². The number of aromatic nitrogens is 2. The van der Waals surface area contributed by atoms with Crippen molar-refractivity contribution in [3.8, 4) is 5.75 Å². The monoisotopic (exact) mass is 376 g/mol. The molecule has 2 N–H and O–H groups in total.